The summed E-state index contributed by atoms with van der Waals surface area (Å²) in [5.74, 6) is 0.914. The molecule has 1 unspecified atom stereocenters. The van der Waals surface area contributed by atoms with E-state index in [1.54, 1.807) is 49.6 Å². The van der Waals surface area contributed by atoms with Crippen LogP contribution in [0, 0.1) is 11.3 Å². The van der Waals surface area contributed by atoms with Gasteiger partial charge in [0.15, 0.2) is 18.1 Å². The first-order valence-electron chi connectivity index (χ1n) is 9.51. The van der Waals surface area contributed by atoms with E-state index < -0.39 is 6.04 Å². The highest BCUT2D eigenvalue weighted by atomic mass is 16.5. The van der Waals surface area contributed by atoms with Gasteiger partial charge in [-0.3, -0.25) is 9.59 Å². The van der Waals surface area contributed by atoms with Gasteiger partial charge in [0.05, 0.1) is 25.9 Å². The van der Waals surface area contributed by atoms with Crippen molar-refractivity contribution >= 4 is 17.5 Å². The number of ether oxygens (including phenoxy) is 3. The summed E-state index contributed by atoms with van der Waals surface area (Å²) in [5, 5.41) is 11.8. The average Bonchev–Trinajstić information content (AvgIpc) is 3.28. The van der Waals surface area contributed by atoms with E-state index in [1.807, 2.05) is 6.07 Å². The SMILES string of the molecule is COc1ccc(NC(=O)C2CCCN2C(=O)COc2ccc(C#N)cc2OC)cc1. The van der Waals surface area contributed by atoms with Crippen LogP contribution >= 0.6 is 0 Å². The van der Waals surface area contributed by atoms with E-state index in [4.69, 9.17) is 19.5 Å². The van der Waals surface area contributed by atoms with Crippen LogP contribution in [0.3, 0.4) is 0 Å². The fraction of sp³-hybridized carbons (Fsp3) is 0.318. The molecule has 3 rings (SSSR count). The van der Waals surface area contributed by atoms with Crippen LogP contribution in [0.25, 0.3) is 0 Å². The Labute approximate surface area is 174 Å². The molecule has 1 saturated heterocycles. The Bertz CT molecular complexity index is 952. The second-order valence-corrected chi connectivity index (χ2v) is 6.73. The number of nitrogens with zero attached hydrogens (tertiary/aromatic N) is 2. The van der Waals surface area contributed by atoms with Gasteiger partial charge in [0.2, 0.25) is 5.91 Å². The van der Waals surface area contributed by atoms with Crippen molar-refractivity contribution in [1.29, 1.82) is 5.26 Å². The van der Waals surface area contributed by atoms with Gasteiger partial charge in [-0.2, -0.15) is 5.26 Å². The number of carbonyl (C=O) groups excluding carboxylic acids is 2. The molecule has 1 N–H and O–H groups in total. The van der Waals surface area contributed by atoms with Crippen molar-refractivity contribution in [1.82, 2.24) is 4.90 Å². The fourth-order valence-corrected chi connectivity index (χ4v) is 3.32. The van der Waals surface area contributed by atoms with E-state index in [2.05, 4.69) is 5.32 Å². The zero-order valence-electron chi connectivity index (χ0n) is 16.9. The van der Waals surface area contributed by atoms with Crippen LogP contribution in [0.5, 0.6) is 17.2 Å². The Morgan fingerprint density at radius 1 is 1.13 bits per heavy atom. The lowest BCUT2D eigenvalue weighted by molar-refractivity contribution is -0.138. The van der Waals surface area contributed by atoms with Gasteiger partial charge >= 0.3 is 0 Å². The minimum Gasteiger partial charge on any atom is -0.497 e. The fourth-order valence-electron chi connectivity index (χ4n) is 3.32. The monoisotopic (exact) mass is 409 g/mol. The Morgan fingerprint density at radius 3 is 2.57 bits per heavy atom. The molecule has 1 aliphatic rings. The number of methoxy groups -OCH3 is 2. The van der Waals surface area contributed by atoms with Crippen molar-refractivity contribution in [3.05, 3.63) is 48.0 Å². The molecule has 2 aromatic carbocycles. The summed E-state index contributed by atoms with van der Waals surface area (Å²) in [6.07, 6.45) is 1.33. The Kier molecular flexibility index (Phi) is 6.75. The molecule has 0 aliphatic carbocycles. The molecule has 1 heterocycles. The minimum atomic E-state index is -0.550. The molecule has 0 aromatic heterocycles. The van der Waals surface area contributed by atoms with Gasteiger partial charge < -0.3 is 24.4 Å². The zero-order chi connectivity index (χ0) is 21.5. The van der Waals surface area contributed by atoms with E-state index >= 15 is 0 Å². The molecule has 156 valence electrons. The molecule has 1 aliphatic heterocycles. The number of anilines is 1. The summed E-state index contributed by atoms with van der Waals surface area (Å²) in [4.78, 5) is 26.9. The standard InChI is InChI=1S/C22H23N3O5/c1-28-17-8-6-16(7-9-17)24-22(27)18-4-3-11-25(18)21(26)14-30-19-10-5-15(13-23)12-20(19)29-2/h5-10,12,18H,3-4,11,14H2,1-2H3,(H,24,27). The van der Waals surface area contributed by atoms with E-state index in [-0.39, 0.29) is 18.4 Å². The lowest BCUT2D eigenvalue weighted by atomic mass is 10.2. The predicted octanol–water partition coefficient (Wildman–Crippen LogP) is 2.58. The third-order valence-electron chi connectivity index (χ3n) is 4.88. The molecule has 1 atom stereocenters. The van der Waals surface area contributed by atoms with Crippen LogP contribution in [-0.4, -0.2) is 50.1 Å². The van der Waals surface area contributed by atoms with Gasteiger partial charge in [0.25, 0.3) is 5.91 Å². The zero-order valence-corrected chi connectivity index (χ0v) is 16.9. The summed E-state index contributed by atoms with van der Waals surface area (Å²) in [5.41, 5.74) is 1.07. The van der Waals surface area contributed by atoms with Gasteiger partial charge in [0, 0.05) is 18.3 Å². The highest BCUT2D eigenvalue weighted by molar-refractivity contribution is 5.97. The van der Waals surface area contributed by atoms with Gasteiger partial charge in [-0.1, -0.05) is 0 Å². The lowest BCUT2D eigenvalue weighted by Crippen LogP contribution is -2.45. The average molecular weight is 409 g/mol. The van der Waals surface area contributed by atoms with Crippen LogP contribution in [-0.2, 0) is 9.59 Å². The highest BCUT2D eigenvalue weighted by Gasteiger charge is 2.34. The molecule has 0 spiro atoms. The predicted molar refractivity (Wildman–Crippen MR) is 110 cm³/mol. The van der Waals surface area contributed by atoms with Crippen molar-refractivity contribution in [2.24, 2.45) is 0 Å². The van der Waals surface area contributed by atoms with Gasteiger partial charge in [-0.05, 0) is 49.2 Å². The number of rotatable bonds is 7. The second-order valence-electron chi connectivity index (χ2n) is 6.73. The molecule has 8 nitrogen and oxygen atoms in total. The number of nitriles is 1. The number of amides is 2. The van der Waals surface area contributed by atoms with Crippen LogP contribution in [0.4, 0.5) is 5.69 Å². The highest BCUT2D eigenvalue weighted by Crippen LogP contribution is 2.28. The molecule has 1 fully saturated rings. The number of carbonyl (C=O) groups is 2. The number of benzene rings is 2. The first-order chi connectivity index (χ1) is 14.5. The number of nitrogens with one attached hydrogen (secondary N) is 1. The van der Waals surface area contributed by atoms with Gasteiger partial charge in [-0.15, -0.1) is 0 Å². The third kappa shape index (κ3) is 4.81. The molecular formula is C22H23N3O5. The quantitative estimate of drug-likeness (QED) is 0.754. The van der Waals surface area contributed by atoms with Crippen LogP contribution in [0.1, 0.15) is 18.4 Å². The van der Waals surface area contributed by atoms with Crippen molar-refractivity contribution < 1.29 is 23.8 Å². The Balaban J connectivity index is 1.61. The number of hydrogen-bond acceptors (Lipinski definition) is 6. The largest absolute Gasteiger partial charge is 0.497 e. The van der Waals surface area contributed by atoms with Crippen molar-refractivity contribution in [3.8, 4) is 23.3 Å². The van der Waals surface area contributed by atoms with E-state index in [0.29, 0.717) is 41.5 Å². The molecule has 0 radical (unpaired) electrons. The molecule has 2 aromatic rings. The second kappa shape index (κ2) is 9.65. The Morgan fingerprint density at radius 2 is 1.90 bits per heavy atom. The molecular weight excluding hydrogens is 386 g/mol. The van der Waals surface area contributed by atoms with Crippen molar-refractivity contribution in [3.63, 3.8) is 0 Å². The summed E-state index contributed by atoms with van der Waals surface area (Å²) in [7, 11) is 3.04. The lowest BCUT2D eigenvalue weighted by Gasteiger charge is -2.24. The van der Waals surface area contributed by atoms with E-state index in [1.165, 1.54) is 12.0 Å². The summed E-state index contributed by atoms with van der Waals surface area (Å²) in [6.45, 7) is 0.266. The first kappa shape index (κ1) is 21.0. The van der Waals surface area contributed by atoms with Crippen molar-refractivity contribution in [2.75, 3.05) is 32.7 Å². The van der Waals surface area contributed by atoms with Crippen molar-refractivity contribution in [2.45, 2.75) is 18.9 Å². The van der Waals surface area contributed by atoms with Crippen LogP contribution in [0.15, 0.2) is 42.5 Å². The van der Waals surface area contributed by atoms with E-state index in [9.17, 15) is 9.59 Å². The molecule has 2 amide bonds. The number of hydrogen-bond donors (Lipinski definition) is 1. The van der Waals surface area contributed by atoms with E-state index in [0.717, 1.165) is 6.42 Å². The smallest absolute Gasteiger partial charge is 0.261 e. The van der Waals surface area contributed by atoms with Gasteiger partial charge in [0.1, 0.15) is 11.8 Å². The molecule has 0 bridgehead atoms. The third-order valence-corrected chi connectivity index (χ3v) is 4.88. The maximum Gasteiger partial charge on any atom is 0.261 e. The normalized spacial score (nSPS) is 15.2. The van der Waals surface area contributed by atoms with Crippen LogP contribution in [0.2, 0.25) is 0 Å². The summed E-state index contributed by atoms with van der Waals surface area (Å²) >= 11 is 0. The Hall–Kier alpha value is -3.73. The number of likely N-dealkylation sites (tertiary alicyclic amines) is 1. The summed E-state index contributed by atoms with van der Waals surface area (Å²) < 4.78 is 15.9. The maximum atomic E-state index is 12.7. The summed E-state index contributed by atoms with van der Waals surface area (Å²) in [6, 6.07) is 13.2. The molecule has 30 heavy (non-hydrogen) atoms. The topological polar surface area (TPSA) is 101 Å². The minimum absolute atomic E-state index is 0.228. The van der Waals surface area contributed by atoms with Gasteiger partial charge in [-0.25, -0.2) is 0 Å². The van der Waals surface area contributed by atoms with Crippen LogP contribution < -0.4 is 19.5 Å². The maximum absolute atomic E-state index is 12.7. The first-order valence-corrected chi connectivity index (χ1v) is 9.51. The molecule has 0 saturated carbocycles. The molecule has 8 heteroatoms.